The highest BCUT2D eigenvalue weighted by Crippen LogP contribution is 2.27. The Morgan fingerprint density at radius 2 is 2.00 bits per heavy atom. The van der Waals surface area contributed by atoms with Crippen LogP contribution in [-0.4, -0.2) is 22.0 Å². The zero-order chi connectivity index (χ0) is 20.0. The Morgan fingerprint density at radius 3 is 2.63 bits per heavy atom. The van der Waals surface area contributed by atoms with Gasteiger partial charge >= 0.3 is 5.97 Å². The van der Waals surface area contributed by atoms with Crippen molar-refractivity contribution in [3.63, 3.8) is 0 Å². The van der Waals surface area contributed by atoms with E-state index in [0.29, 0.717) is 22.9 Å². The van der Waals surface area contributed by atoms with Crippen LogP contribution < -0.4 is 0 Å². The summed E-state index contributed by atoms with van der Waals surface area (Å²) >= 11 is 0. The van der Waals surface area contributed by atoms with E-state index in [1.165, 1.54) is 6.92 Å². The molecule has 0 fully saturated rings. The Hall–Kier alpha value is -2.94. The number of benzene rings is 1. The van der Waals surface area contributed by atoms with Gasteiger partial charge in [0, 0.05) is 30.6 Å². The number of rotatable bonds is 8. The van der Waals surface area contributed by atoms with Crippen molar-refractivity contribution >= 4 is 28.4 Å². The van der Waals surface area contributed by atoms with Crippen LogP contribution in [0.3, 0.4) is 0 Å². The molecule has 142 valence electrons. The average molecular weight is 367 g/mol. The van der Waals surface area contributed by atoms with Crippen molar-refractivity contribution in [3.8, 4) is 6.07 Å². The number of carbonyl (C=O) groups excluding carboxylic acids is 2. The summed E-state index contributed by atoms with van der Waals surface area (Å²) in [5.41, 5.74) is 2.88. The van der Waals surface area contributed by atoms with Crippen molar-refractivity contribution in [2.45, 2.75) is 52.9 Å². The van der Waals surface area contributed by atoms with Gasteiger partial charge in [-0.25, -0.2) is 4.79 Å². The van der Waals surface area contributed by atoms with Gasteiger partial charge in [0.25, 0.3) is 0 Å². The van der Waals surface area contributed by atoms with Crippen LogP contribution in [0.2, 0.25) is 0 Å². The Kier molecular flexibility index (Phi) is 6.89. The number of hydrogen-bond acceptors (Lipinski definition) is 5. The van der Waals surface area contributed by atoms with Crippen LogP contribution in [0.1, 0.15) is 67.6 Å². The summed E-state index contributed by atoms with van der Waals surface area (Å²) in [6.45, 7) is 5.23. The van der Waals surface area contributed by atoms with E-state index in [4.69, 9.17) is 4.84 Å². The minimum atomic E-state index is -0.560. The Balaban J connectivity index is 2.47. The van der Waals surface area contributed by atoms with E-state index in [0.717, 1.165) is 36.9 Å². The second-order valence-electron chi connectivity index (χ2n) is 6.62. The highest BCUT2D eigenvalue weighted by molar-refractivity contribution is 6.48. The quantitative estimate of drug-likeness (QED) is 0.227. The molecule has 0 aliphatic heterocycles. The van der Waals surface area contributed by atoms with E-state index in [1.54, 1.807) is 12.1 Å². The molecule has 0 aliphatic carbocycles. The lowest BCUT2D eigenvalue weighted by molar-refractivity contribution is -0.140. The third-order valence-electron chi connectivity index (χ3n) is 4.66. The highest BCUT2D eigenvalue weighted by atomic mass is 16.7. The summed E-state index contributed by atoms with van der Waals surface area (Å²) in [4.78, 5) is 29.2. The number of aryl methyl sites for hydroxylation is 1. The molecule has 1 heterocycles. The molecular weight excluding hydrogens is 342 g/mol. The van der Waals surface area contributed by atoms with Crippen LogP contribution in [0.25, 0.3) is 10.9 Å². The summed E-state index contributed by atoms with van der Waals surface area (Å²) in [5, 5.41) is 13.8. The summed E-state index contributed by atoms with van der Waals surface area (Å²) in [6.07, 6.45) is 4.39. The molecule has 0 N–H and O–H groups in total. The van der Waals surface area contributed by atoms with E-state index >= 15 is 0 Å². The van der Waals surface area contributed by atoms with E-state index in [1.807, 2.05) is 24.6 Å². The first-order valence-corrected chi connectivity index (χ1v) is 9.19. The third kappa shape index (κ3) is 4.62. The summed E-state index contributed by atoms with van der Waals surface area (Å²) in [6, 6.07) is 7.40. The molecule has 0 amide bonds. The lowest BCUT2D eigenvalue weighted by atomic mass is 9.98. The van der Waals surface area contributed by atoms with Gasteiger partial charge in [-0.3, -0.25) is 4.79 Å². The largest absolute Gasteiger partial charge is 0.347 e. The number of Topliss-reactive ketones (excluding diaryl/α,β-unsaturated/α-hetero) is 1. The van der Waals surface area contributed by atoms with Crippen molar-refractivity contribution in [3.05, 3.63) is 35.0 Å². The fourth-order valence-electron chi connectivity index (χ4n) is 3.11. The maximum atomic E-state index is 13.3. The first kappa shape index (κ1) is 20.4. The maximum absolute atomic E-state index is 13.3. The number of unbranched alkanes of at least 4 members (excludes halogenated alkanes) is 3. The number of nitriles is 1. The van der Waals surface area contributed by atoms with Crippen molar-refractivity contribution < 1.29 is 14.4 Å². The Morgan fingerprint density at radius 1 is 1.26 bits per heavy atom. The normalized spacial score (nSPS) is 11.4. The lowest BCUT2D eigenvalue weighted by Crippen LogP contribution is -2.17. The SMILES string of the molecule is CCCCCC/C(=N\OC(C)=O)C(=O)c1c(C)n(C)c2ccc(C#N)cc12. The molecule has 0 bridgehead atoms. The van der Waals surface area contributed by atoms with Crippen LogP contribution in [0.15, 0.2) is 23.4 Å². The average Bonchev–Trinajstić information content (AvgIpc) is 2.90. The van der Waals surface area contributed by atoms with Gasteiger partial charge in [0.05, 0.1) is 17.2 Å². The second-order valence-corrected chi connectivity index (χ2v) is 6.62. The highest BCUT2D eigenvalue weighted by Gasteiger charge is 2.23. The summed E-state index contributed by atoms with van der Waals surface area (Å²) < 4.78 is 1.92. The minimum absolute atomic E-state index is 0.235. The zero-order valence-corrected chi connectivity index (χ0v) is 16.3. The van der Waals surface area contributed by atoms with Crippen LogP contribution >= 0.6 is 0 Å². The van der Waals surface area contributed by atoms with Crippen LogP contribution in [0, 0.1) is 18.3 Å². The zero-order valence-electron chi connectivity index (χ0n) is 16.3. The van der Waals surface area contributed by atoms with Crippen LogP contribution in [-0.2, 0) is 16.7 Å². The van der Waals surface area contributed by atoms with Crippen molar-refractivity contribution in [1.29, 1.82) is 5.26 Å². The number of hydrogen-bond donors (Lipinski definition) is 0. The van der Waals surface area contributed by atoms with Crippen LogP contribution in [0.4, 0.5) is 0 Å². The van der Waals surface area contributed by atoms with Gasteiger partial charge in [-0.15, -0.1) is 0 Å². The molecule has 0 saturated heterocycles. The van der Waals surface area contributed by atoms with Crippen molar-refractivity contribution in [2.75, 3.05) is 0 Å². The fourth-order valence-corrected chi connectivity index (χ4v) is 3.11. The molecule has 0 unspecified atom stereocenters. The van der Waals surface area contributed by atoms with Crippen molar-refractivity contribution in [1.82, 2.24) is 4.57 Å². The molecular formula is C21H25N3O3. The van der Waals surface area contributed by atoms with Gasteiger partial charge in [0.1, 0.15) is 5.71 Å². The number of ketones is 1. The number of carbonyl (C=O) groups is 2. The molecule has 2 rings (SSSR count). The summed E-state index contributed by atoms with van der Waals surface area (Å²) in [5.74, 6) is -0.818. The minimum Gasteiger partial charge on any atom is -0.347 e. The lowest BCUT2D eigenvalue weighted by Gasteiger charge is -2.06. The monoisotopic (exact) mass is 367 g/mol. The van der Waals surface area contributed by atoms with Crippen molar-refractivity contribution in [2.24, 2.45) is 12.2 Å². The molecule has 0 radical (unpaired) electrons. The molecule has 1 aromatic heterocycles. The Bertz CT molecular complexity index is 932. The van der Waals surface area contributed by atoms with Crippen LogP contribution in [0.5, 0.6) is 0 Å². The molecule has 2 aromatic rings. The Labute approximate surface area is 159 Å². The molecule has 1 aromatic carbocycles. The van der Waals surface area contributed by atoms with E-state index in [-0.39, 0.29) is 11.5 Å². The predicted octanol–water partition coefficient (Wildman–Crippen LogP) is 4.43. The topological polar surface area (TPSA) is 84.4 Å². The first-order valence-electron chi connectivity index (χ1n) is 9.19. The molecule has 27 heavy (non-hydrogen) atoms. The third-order valence-corrected chi connectivity index (χ3v) is 4.66. The number of nitrogens with zero attached hydrogens (tertiary/aromatic N) is 3. The molecule has 0 aliphatic rings. The molecule has 6 nitrogen and oxygen atoms in total. The first-order chi connectivity index (χ1) is 12.9. The standard InChI is InChI=1S/C21H25N3O3/c1-5-6-7-8-9-18(23-27-15(3)25)21(26)20-14(2)24(4)19-11-10-16(13-22)12-17(19)20/h10-12H,5-9H2,1-4H3/b23-18+. The van der Waals surface area contributed by atoms with Gasteiger partial charge in [-0.05, 0) is 38.0 Å². The molecule has 0 spiro atoms. The molecule has 6 heteroatoms. The van der Waals surface area contributed by atoms with Gasteiger partial charge in [0.15, 0.2) is 0 Å². The summed E-state index contributed by atoms with van der Waals surface area (Å²) in [7, 11) is 1.88. The number of oxime groups is 1. The molecule has 0 saturated carbocycles. The van der Waals surface area contributed by atoms with Gasteiger partial charge in [-0.2, -0.15) is 5.26 Å². The van der Waals surface area contributed by atoms with E-state index in [2.05, 4.69) is 18.1 Å². The van der Waals surface area contributed by atoms with Gasteiger partial charge in [0.2, 0.25) is 5.78 Å². The van der Waals surface area contributed by atoms with E-state index in [9.17, 15) is 14.9 Å². The predicted molar refractivity (Wildman–Crippen MR) is 105 cm³/mol. The number of aromatic nitrogens is 1. The fraction of sp³-hybridized carbons (Fsp3) is 0.429. The van der Waals surface area contributed by atoms with Gasteiger partial charge < -0.3 is 9.40 Å². The van der Waals surface area contributed by atoms with Gasteiger partial charge in [-0.1, -0.05) is 31.3 Å². The second kappa shape index (κ2) is 9.13. The smallest absolute Gasteiger partial charge is 0.331 e. The maximum Gasteiger partial charge on any atom is 0.331 e. The number of fused-ring (bicyclic) bond motifs is 1. The molecule has 0 atom stereocenters. The van der Waals surface area contributed by atoms with E-state index < -0.39 is 5.97 Å².